The third-order valence-corrected chi connectivity index (χ3v) is 7.64. The maximum absolute atomic E-state index is 6.44. The Morgan fingerprint density at radius 3 is 2.46 bits per heavy atom. The third-order valence-electron chi connectivity index (χ3n) is 7.64. The first-order valence-electron chi connectivity index (χ1n) is 13.4. The largest absolute Gasteiger partial charge is 0.493 e. The van der Waals surface area contributed by atoms with Gasteiger partial charge in [0.1, 0.15) is 24.4 Å². The number of hydrogen-bond donors (Lipinski definition) is 0. The van der Waals surface area contributed by atoms with Crippen LogP contribution in [0.2, 0.25) is 0 Å². The number of aromatic nitrogens is 4. The molecule has 0 saturated heterocycles. The first-order chi connectivity index (χ1) is 20.1. The quantitative estimate of drug-likeness (QED) is 0.228. The predicted molar refractivity (Wildman–Crippen MR) is 156 cm³/mol. The molecule has 8 nitrogen and oxygen atoms in total. The summed E-state index contributed by atoms with van der Waals surface area (Å²) in [6.45, 7) is 4.29. The molecule has 0 spiro atoms. The Kier molecular flexibility index (Phi) is 5.96. The van der Waals surface area contributed by atoms with Gasteiger partial charge in [-0.15, -0.1) is 5.10 Å². The van der Waals surface area contributed by atoms with Gasteiger partial charge in [0.05, 0.1) is 19.8 Å². The Morgan fingerprint density at radius 2 is 1.66 bits per heavy atom. The molecule has 204 valence electrons. The highest BCUT2D eigenvalue weighted by Crippen LogP contribution is 2.51. The van der Waals surface area contributed by atoms with Crippen molar-refractivity contribution >= 4 is 16.4 Å². The zero-order chi connectivity index (χ0) is 28.1. The minimum atomic E-state index is -0.257. The lowest BCUT2D eigenvalue weighted by Crippen LogP contribution is -2.15. The number of benzene rings is 4. The fourth-order valence-corrected chi connectivity index (χ4v) is 5.74. The first-order valence-corrected chi connectivity index (χ1v) is 13.4. The molecule has 1 atom stereocenters. The monoisotopic (exact) mass is 544 g/mol. The minimum Gasteiger partial charge on any atom is -0.493 e. The van der Waals surface area contributed by atoms with Gasteiger partial charge in [-0.25, -0.2) is 14.5 Å². The summed E-state index contributed by atoms with van der Waals surface area (Å²) < 4.78 is 25.6. The summed E-state index contributed by atoms with van der Waals surface area (Å²) in [6, 6.07) is 24.5. The van der Waals surface area contributed by atoms with E-state index in [0.717, 1.165) is 50.1 Å². The van der Waals surface area contributed by atoms with Crippen LogP contribution in [-0.2, 0) is 6.61 Å². The fraction of sp³-hybridized carbons (Fsp3) is 0.182. The molecule has 1 aliphatic heterocycles. The second-order valence-electron chi connectivity index (χ2n) is 10.1. The average molecular weight is 545 g/mol. The highest BCUT2D eigenvalue weighted by Gasteiger charge is 2.35. The van der Waals surface area contributed by atoms with E-state index in [0.29, 0.717) is 28.9 Å². The topological polar surface area (TPSA) is 80.0 Å². The van der Waals surface area contributed by atoms with Crippen LogP contribution in [0, 0.1) is 13.8 Å². The van der Waals surface area contributed by atoms with Gasteiger partial charge in [0.15, 0.2) is 23.0 Å². The number of aryl methyl sites for hydroxylation is 2. The van der Waals surface area contributed by atoms with E-state index in [1.54, 1.807) is 25.1 Å². The van der Waals surface area contributed by atoms with Crippen molar-refractivity contribution < 1.29 is 18.9 Å². The van der Waals surface area contributed by atoms with Crippen LogP contribution in [-0.4, -0.2) is 33.8 Å². The van der Waals surface area contributed by atoms with E-state index in [4.69, 9.17) is 29.0 Å². The Labute approximate surface area is 237 Å². The van der Waals surface area contributed by atoms with Crippen molar-refractivity contribution in [3.63, 3.8) is 0 Å². The highest BCUT2D eigenvalue weighted by molar-refractivity contribution is 5.91. The summed E-state index contributed by atoms with van der Waals surface area (Å²) in [7, 11) is 3.28. The molecule has 7 rings (SSSR count). The zero-order valence-corrected chi connectivity index (χ0v) is 23.2. The molecular weight excluding hydrogens is 516 g/mol. The average Bonchev–Trinajstić information content (AvgIpc) is 3.42. The number of ether oxygens (including phenoxy) is 4. The van der Waals surface area contributed by atoms with E-state index in [9.17, 15) is 0 Å². The Balaban J connectivity index is 1.41. The molecule has 2 aromatic heterocycles. The van der Waals surface area contributed by atoms with Crippen molar-refractivity contribution in [2.45, 2.75) is 26.4 Å². The van der Waals surface area contributed by atoms with Crippen molar-refractivity contribution in [1.82, 2.24) is 19.6 Å². The van der Waals surface area contributed by atoms with Crippen LogP contribution >= 0.6 is 0 Å². The summed E-state index contributed by atoms with van der Waals surface area (Å²) in [5.41, 5.74) is 5.66. The molecule has 0 bridgehead atoms. The fourth-order valence-electron chi connectivity index (χ4n) is 5.74. The van der Waals surface area contributed by atoms with E-state index in [-0.39, 0.29) is 12.5 Å². The number of fused-ring (bicyclic) bond motifs is 6. The lowest BCUT2D eigenvalue weighted by molar-refractivity contribution is 0.292. The van der Waals surface area contributed by atoms with E-state index in [1.165, 1.54) is 0 Å². The smallest absolute Gasteiger partial charge is 0.228 e. The third kappa shape index (κ3) is 4.10. The second-order valence-corrected chi connectivity index (χ2v) is 10.1. The standard InChI is InChI=1S/C33H28N4O4/c1-19-8-7-9-20(2)31(19)40-17-27-35-32-30-28(22-13-14-24(38-3)26(16-22)39-4)29-23-11-6-5-10-21(23)12-15-25(29)41-33(30)34-18-37(32)36-27/h5-16,18,28H,17H2,1-4H3. The van der Waals surface area contributed by atoms with Crippen molar-refractivity contribution in [3.05, 3.63) is 113 Å². The van der Waals surface area contributed by atoms with Gasteiger partial charge >= 0.3 is 0 Å². The van der Waals surface area contributed by atoms with Crippen LogP contribution < -0.4 is 18.9 Å². The molecule has 4 aromatic carbocycles. The van der Waals surface area contributed by atoms with Crippen molar-refractivity contribution in [2.75, 3.05) is 14.2 Å². The predicted octanol–water partition coefficient (Wildman–Crippen LogP) is 6.78. The van der Waals surface area contributed by atoms with Gasteiger partial charge in [0.25, 0.3) is 0 Å². The van der Waals surface area contributed by atoms with Gasteiger partial charge < -0.3 is 18.9 Å². The maximum Gasteiger partial charge on any atom is 0.228 e. The molecule has 0 fully saturated rings. The normalized spacial score (nSPS) is 13.9. The summed E-state index contributed by atoms with van der Waals surface area (Å²) in [6.07, 6.45) is 1.64. The summed E-state index contributed by atoms with van der Waals surface area (Å²) in [5, 5.41) is 6.93. The molecule has 0 N–H and O–H groups in total. The highest BCUT2D eigenvalue weighted by atomic mass is 16.5. The molecule has 1 unspecified atom stereocenters. The van der Waals surface area contributed by atoms with E-state index < -0.39 is 0 Å². The van der Waals surface area contributed by atoms with Crippen LogP contribution in [0.5, 0.6) is 28.9 Å². The number of hydrogen-bond acceptors (Lipinski definition) is 7. The zero-order valence-electron chi connectivity index (χ0n) is 23.2. The number of nitrogens with zero attached hydrogens (tertiary/aromatic N) is 4. The van der Waals surface area contributed by atoms with Crippen molar-refractivity contribution in [2.24, 2.45) is 0 Å². The van der Waals surface area contributed by atoms with Crippen LogP contribution in [0.15, 0.2) is 79.1 Å². The van der Waals surface area contributed by atoms with Crippen molar-refractivity contribution in [1.29, 1.82) is 0 Å². The molecule has 0 radical (unpaired) electrons. The lowest BCUT2D eigenvalue weighted by atomic mass is 9.81. The molecule has 0 aliphatic carbocycles. The molecule has 0 amide bonds. The lowest BCUT2D eigenvalue weighted by Gasteiger charge is -2.29. The molecule has 8 heteroatoms. The first kappa shape index (κ1) is 24.9. The minimum absolute atomic E-state index is 0.226. The van der Waals surface area contributed by atoms with Crippen molar-refractivity contribution in [3.8, 4) is 28.9 Å². The van der Waals surface area contributed by atoms with Gasteiger partial charge in [0, 0.05) is 11.5 Å². The van der Waals surface area contributed by atoms with E-state index >= 15 is 0 Å². The van der Waals surface area contributed by atoms with Crippen LogP contribution in [0.3, 0.4) is 0 Å². The number of rotatable bonds is 6. The summed E-state index contributed by atoms with van der Waals surface area (Å²) >= 11 is 0. The van der Waals surface area contributed by atoms with E-state index in [1.807, 2.05) is 62.4 Å². The number of para-hydroxylation sites is 1. The molecule has 6 aromatic rings. The Morgan fingerprint density at radius 1 is 0.854 bits per heavy atom. The number of methoxy groups -OCH3 is 2. The van der Waals surface area contributed by atoms with Crippen LogP contribution in [0.1, 0.15) is 39.6 Å². The van der Waals surface area contributed by atoms with Gasteiger partial charge in [-0.05, 0) is 59.5 Å². The van der Waals surface area contributed by atoms with Gasteiger partial charge in [-0.3, -0.25) is 0 Å². The molecular formula is C33H28N4O4. The SMILES string of the molecule is COc1ccc(C2c3c(ccc4ccccc34)Oc3ncn4nc(COc5c(C)cccc5C)nc4c32)cc1OC. The Hall–Kier alpha value is -5.11. The van der Waals surface area contributed by atoms with Gasteiger partial charge in [0.2, 0.25) is 5.88 Å². The second kappa shape index (κ2) is 9.82. The maximum atomic E-state index is 6.44. The van der Waals surface area contributed by atoms with Gasteiger partial charge in [-0.1, -0.05) is 54.6 Å². The Bertz CT molecular complexity index is 1930. The van der Waals surface area contributed by atoms with Gasteiger partial charge in [-0.2, -0.15) is 0 Å². The molecule has 41 heavy (non-hydrogen) atoms. The van der Waals surface area contributed by atoms with Crippen LogP contribution in [0.4, 0.5) is 0 Å². The molecule has 0 saturated carbocycles. The molecule has 3 heterocycles. The van der Waals surface area contributed by atoms with E-state index in [2.05, 4.69) is 29.2 Å². The summed E-state index contributed by atoms with van der Waals surface area (Å²) in [5.74, 6) is 3.69. The van der Waals surface area contributed by atoms with Crippen LogP contribution in [0.25, 0.3) is 16.4 Å². The summed E-state index contributed by atoms with van der Waals surface area (Å²) in [4.78, 5) is 9.64. The molecule has 1 aliphatic rings.